The standard InChI is InChI=1S/C19H24N4O/c1-14(19(24)23-11-8-15-5-2-3-7-17(15)23)21-13-16-6-4-10-22-12-9-20-18(16)22/h2-3,5,7,9,12,14,16,21H,4,6,8,10-11,13H2,1H3/t14-,16-/m0/s1. The molecule has 0 saturated carbocycles. The lowest BCUT2D eigenvalue weighted by Gasteiger charge is -2.27. The van der Waals surface area contributed by atoms with Crippen LogP contribution in [0.4, 0.5) is 5.69 Å². The summed E-state index contributed by atoms with van der Waals surface area (Å²) >= 11 is 0. The van der Waals surface area contributed by atoms with Gasteiger partial charge in [-0.2, -0.15) is 0 Å². The summed E-state index contributed by atoms with van der Waals surface area (Å²) in [5.74, 6) is 1.72. The first-order valence-corrected chi connectivity index (χ1v) is 8.88. The lowest BCUT2D eigenvalue weighted by molar-refractivity contribution is -0.120. The smallest absolute Gasteiger partial charge is 0.243 e. The summed E-state index contributed by atoms with van der Waals surface area (Å²) in [5.41, 5.74) is 2.34. The molecule has 3 heterocycles. The summed E-state index contributed by atoms with van der Waals surface area (Å²) in [6.45, 7) is 4.63. The van der Waals surface area contributed by atoms with E-state index in [4.69, 9.17) is 0 Å². The maximum absolute atomic E-state index is 12.8. The van der Waals surface area contributed by atoms with Gasteiger partial charge in [0.05, 0.1) is 6.04 Å². The van der Waals surface area contributed by atoms with E-state index in [1.807, 2.05) is 36.2 Å². The van der Waals surface area contributed by atoms with Crippen molar-refractivity contribution >= 4 is 11.6 Å². The van der Waals surface area contributed by atoms with Crippen LogP contribution in [0.1, 0.15) is 37.1 Å². The molecule has 0 aliphatic carbocycles. The molecule has 1 aromatic carbocycles. The fourth-order valence-electron chi connectivity index (χ4n) is 3.91. The molecule has 24 heavy (non-hydrogen) atoms. The molecule has 126 valence electrons. The van der Waals surface area contributed by atoms with Crippen LogP contribution in [0, 0.1) is 0 Å². The zero-order valence-electron chi connectivity index (χ0n) is 14.1. The van der Waals surface area contributed by atoms with Crippen LogP contribution in [0.25, 0.3) is 0 Å². The number of rotatable bonds is 4. The summed E-state index contributed by atoms with van der Waals surface area (Å²) in [4.78, 5) is 19.2. The van der Waals surface area contributed by atoms with E-state index in [9.17, 15) is 4.79 Å². The number of aromatic nitrogens is 2. The fraction of sp³-hybridized carbons (Fsp3) is 0.474. The van der Waals surface area contributed by atoms with Crippen molar-refractivity contribution in [2.45, 2.75) is 44.7 Å². The van der Waals surface area contributed by atoms with E-state index < -0.39 is 0 Å². The topological polar surface area (TPSA) is 50.2 Å². The van der Waals surface area contributed by atoms with Gasteiger partial charge in [0.2, 0.25) is 5.91 Å². The molecule has 5 nitrogen and oxygen atoms in total. The normalized spacial score (nSPS) is 20.5. The highest BCUT2D eigenvalue weighted by Gasteiger charge is 2.28. The average Bonchev–Trinajstić information content (AvgIpc) is 3.25. The highest BCUT2D eigenvalue weighted by Crippen LogP contribution is 2.28. The minimum absolute atomic E-state index is 0.166. The Hall–Kier alpha value is -2.14. The van der Waals surface area contributed by atoms with Crippen LogP contribution in [0.15, 0.2) is 36.7 Å². The van der Waals surface area contributed by atoms with Crippen LogP contribution < -0.4 is 10.2 Å². The van der Waals surface area contributed by atoms with Crippen LogP contribution in [0.2, 0.25) is 0 Å². The first kappa shape index (κ1) is 15.4. The number of benzene rings is 1. The fourth-order valence-corrected chi connectivity index (χ4v) is 3.91. The van der Waals surface area contributed by atoms with Gasteiger partial charge >= 0.3 is 0 Å². The number of amides is 1. The lowest BCUT2D eigenvalue weighted by Crippen LogP contribution is -2.45. The van der Waals surface area contributed by atoms with Crippen LogP contribution in [0.5, 0.6) is 0 Å². The molecule has 2 aromatic rings. The van der Waals surface area contributed by atoms with Gasteiger partial charge < -0.3 is 14.8 Å². The second kappa shape index (κ2) is 6.40. The van der Waals surface area contributed by atoms with Gasteiger partial charge in [0.1, 0.15) is 5.82 Å². The number of imidazole rings is 1. The van der Waals surface area contributed by atoms with Crippen molar-refractivity contribution in [3.8, 4) is 0 Å². The first-order chi connectivity index (χ1) is 11.7. The Morgan fingerprint density at radius 2 is 2.25 bits per heavy atom. The summed E-state index contributed by atoms with van der Waals surface area (Å²) in [5, 5.41) is 3.45. The number of nitrogens with one attached hydrogen (secondary N) is 1. The van der Waals surface area contributed by atoms with Crippen molar-refractivity contribution in [1.82, 2.24) is 14.9 Å². The van der Waals surface area contributed by atoms with Crippen LogP contribution in [-0.4, -0.2) is 34.6 Å². The number of hydrogen-bond acceptors (Lipinski definition) is 3. The van der Waals surface area contributed by atoms with Crippen molar-refractivity contribution < 1.29 is 4.79 Å². The first-order valence-electron chi connectivity index (χ1n) is 8.88. The van der Waals surface area contributed by atoms with Crippen LogP contribution in [-0.2, 0) is 17.8 Å². The van der Waals surface area contributed by atoms with Crippen molar-refractivity contribution in [3.05, 3.63) is 48.0 Å². The van der Waals surface area contributed by atoms with Crippen LogP contribution >= 0.6 is 0 Å². The number of carbonyl (C=O) groups is 1. The highest BCUT2D eigenvalue weighted by molar-refractivity contribution is 5.98. The third-order valence-electron chi connectivity index (χ3n) is 5.26. The molecule has 2 aliphatic rings. The SMILES string of the molecule is C[C@H](NC[C@@H]1CCCn2ccnc21)C(=O)N1CCc2ccccc21. The lowest BCUT2D eigenvalue weighted by atomic mass is 9.98. The average molecular weight is 324 g/mol. The van der Waals surface area contributed by atoms with Gasteiger partial charge in [0.15, 0.2) is 0 Å². The summed E-state index contributed by atoms with van der Waals surface area (Å²) in [6, 6.07) is 8.03. The van der Waals surface area contributed by atoms with Gasteiger partial charge in [-0.15, -0.1) is 0 Å². The summed E-state index contributed by atoms with van der Waals surface area (Å²) in [7, 11) is 0. The van der Waals surface area contributed by atoms with Crippen LogP contribution in [0.3, 0.4) is 0 Å². The monoisotopic (exact) mass is 324 g/mol. The Kier molecular flexibility index (Phi) is 4.10. The molecular weight excluding hydrogens is 300 g/mol. The number of anilines is 1. The zero-order chi connectivity index (χ0) is 16.5. The third kappa shape index (κ3) is 2.73. The van der Waals surface area contributed by atoms with E-state index >= 15 is 0 Å². The largest absolute Gasteiger partial charge is 0.335 e. The van der Waals surface area contributed by atoms with Gasteiger partial charge in [0, 0.05) is 43.6 Å². The van der Waals surface area contributed by atoms with Gasteiger partial charge in [-0.05, 0) is 37.8 Å². The van der Waals surface area contributed by atoms with Crippen molar-refractivity contribution in [3.63, 3.8) is 0 Å². The molecule has 2 aliphatic heterocycles. The Labute approximate surface area is 142 Å². The number of nitrogens with zero attached hydrogens (tertiary/aromatic N) is 3. The molecular formula is C19H24N4O. The number of aryl methyl sites for hydroxylation is 1. The molecule has 2 atom stereocenters. The third-order valence-corrected chi connectivity index (χ3v) is 5.26. The Morgan fingerprint density at radius 3 is 3.17 bits per heavy atom. The quantitative estimate of drug-likeness (QED) is 0.939. The van der Waals surface area contributed by atoms with Crippen molar-refractivity contribution in [2.75, 3.05) is 18.0 Å². The predicted octanol–water partition coefficient (Wildman–Crippen LogP) is 2.33. The molecule has 0 unspecified atom stereocenters. The van der Waals surface area contributed by atoms with E-state index in [0.29, 0.717) is 5.92 Å². The molecule has 0 radical (unpaired) electrons. The highest BCUT2D eigenvalue weighted by atomic mass is 16.2. The maximum atomic E-state index is 12.8. The summed E-state index contributed by atoms with van der Waals surface area (Å²) < 4.78 is 2.24. The Balaban J connectivity index is 1.39. The summed E-state index contributed by atoms with van der Waals surface area (Å²) in [6.07, 6.45) is 7.20. The molecule has 0 bridgehead atoms. The Morgan fingerprint density at radius 1 is 1.38 bits per heavy atom. The maximum Gasteiger partial charge on any atom is 0.243 e. The van der Waals surface area contributed by atoms with Gasteiger partial charge in [-0.3, -0.25) is 4.79 Å². The molecule has 1 N–H and O–H groups in total. The molecule has 0 fully saturated rings. The van der Waals surface area contributed by atoms with E-state index in [0.717, 1.165) is 44.0 Å². The molecule has 0 saturated heterocycles. The molecule has 5 heteroatoms. The molecule has 0 spiro atoms. The minimum atomic E-state index is -0.179. The van der Waals surface area contributed by atoms with E-state index in [1.165, 1.54) is 12.0 Å². The second-order valence-electron chi connectivity index (χ2n) is 6.82. The number of fused-ring (bicyclic) bond motifs is 2. The Bertz CT molecular complexity index is 738. The van der Waals surface area contributed by atoms with E-state index in [-0.39, 0.29) is 11.9 Å². The predicted molar refractivity (Wildman–Crippen MR) is 94.2 cm³/mol. The van der Waals surface area contributed by atoms with E-state index in [1.54, 1.807) is 0 Å². The van der Waals surface area contributed by atoms with Gasteiger partial charge in [-0.25, -0.2) is 4.98 Å². The van der Waals surface area contributed by atoms with Gasteiger partial charge in [0.25, 0.3) is 0 Å². The number of carbonyl (C=O) groups excluding carboxylic acids is 1. The zero-order valence-corrected chi connectivity index (χ0v) is 14.1. The minimum Gasteiger partial charge on any atom is -0.335 e. The number of para-hydroxylation sites is 1. The van der Waals surface area contributed by atoms with Gasteiger partial charge in [-0.1, -0.05) is 18.2 Å². The van der Waals surface area contributed by atoms with E-state index in [2.05, 4.69) is 27.1 Å². The second-order valence-corrected chi connectivity index (χ2v) is 6.82. The molecule has 4 rings (SSSR count). The molecule has 1 amide bonds. The molecule has 1 aromatic heterocycles. The number of hydrogen-bond donors (Lipinski definition) is 1. The van der Waals surface area contributed by atoms with Crippen molar-refractivity contribution in [2.24, 2.45) is 0 Å². The van der Waals surface area contributed by atoms with Crippen molar-refractivity contribution in [1.29, 1.82) is 0 Å².